The van der Waals surface area contributed by atoms with Crippen LogP contribution in [0, 0.1) is 11.8 Å². The number of nitrogens with one attached hydrogen (secondary N) is 1. The summed E-state index contributed by atoms with van der Waals surface area (Å²) in [4.78, 5) is 55.4. The minimum absolute atomic E-state index is 0.0855. The fraction of sp³-hybridized carbons (Fsp3) is 0.448. The van der Waals surface area contributed by atoms with Crippen molar-refractivity contribution in [3.8, 4) is 11.8 Å². The number of piperidine rings is 1. The number of carbonyl (C=O) groups is 1. The predicted molar refractivity (Wildman–Crippen MR) is 156 cm³/mol. The van der Waals surface area contributed by atoms with Crippen LogP contribution >= 0.6 is 0 Å². The van der Waals surface area contributed by atoms with Gasteiger partial charge in [-0.15, -0.1) is 5.92 Å². The van der Waals surface area contributed by atoms with Crippen LogP contribution in [0.4, 0.5) is 10.7 Å². The minimum Gasteiger partial charge on any atom is -0.444 e. The number of amides is 1. The van der Waals surface area contributed by atoms with Crippen LogP contribution in [0.3, 0.4) is 0 Å². The first kappa shape index (κ1) is 27.9. The average Bonchev–Trinajstić information content (AvgIpc) is 3.32. The molecule has 0 radical (unpaired) electrons. The van der Waals surface area contributed by atoms with Gasteiger partial charge in [0.05, 0.1) is 18.6 Å². The summed E-state index contributed by atoms with van der Waals surface area (Å²) in [5.74, 6) is 6.80. The molecule has 12 heteroatoms. The summed E-state index contributed by atoms with van der Waals surface area (Å²) in [6, 6.07) is 7.36. The highest BCUT2D eigenvalue weighted by atomic mass is 16.6. The smallest absolute Gasteiger partial charge is 0.407 e. The maximum atomic E-state index is 13.9. The van der Waals surface area contributed by atoms with Crippen molar-refractivity contribution in [2.75, 3.05) is 18.0 Å². The summed E-state index contributed by atoms with van der Waals surface area (Å²) in [6.45, 7) is 8.45. The Morgan fingerprint density at radius 1 is 1.17 bits per heavy atom. The number of hydrogen-bond donors (Lipinski definition) is 1. The number of aryl methyl sites for hydroxylation is 1. The topological polar surface area (TPSA) is 129 Å². The molecular formula is C29H34N8O4. The Bertz CT molecular complexity index is 1800. The van der Waals surface area contributed by atoms with E-state index in [0.29, 0.717) is 24.9 Å². The third kappa shape index (κ3) is 5.79. The maximum Gasteiger partial charge on any atom is 0.407 e. The molecule has 0 spiro atoms. The van der Waals surface area contributed by atoms with Crippen LogP contribution in [-0.4, -0.2) is 59.5 Å². The maximum absolute atomic E-state index is 13.9. The molecule has 4 aromatic rings. The molecule has 0 aliphatic carbocycles. The molecule has 1 atom stereocenters. The van der Waals surface area contributed by atoms with E-state index in [1.165, 1.54) is 4.57 Å². The molecule has 41 heavy (non-hydrogen) atoms. The summed E-state index contributed by atoms with van der Waals surface area (Å²) >= 11 is 0. The minimum atomic E-state index is -0.603. The van der Waals surface area contributed by atoms with Gasteiger partial charge in [0.25, 0.3) is 5.56 Å². The predicted octanol–water partition coefficient (Wildman–Crippen LogP) is 2.40. The highest BCUT2D eigenvalue weighted by molar-refractivity contribution is 5.77. The molecule has 0 bridgehead atoms. The first-order valence-corrected chi connectivity index (χ1v) is 13.6. The number of anilines is 1. The van der Waals surface area contributed by atoms with Gasteiger partial charge in [0.1, 0.15) is 11.4 Å². The number of hydrogen-bond acceptors (Lipinski definition) is 8. The van der Waals surface area contributed by atoms with Gasteiger partial charge in [-0.3, -0.25) is 18.5 Å². The van der Waals surface area contributed by atoms with Crippen LogP contribution < -0.4 is 21.5 Å². The van der Waals surface area contributed by atoms with Gasteiger partial charge in [0.15, 0.2) is 11.2 Å². The standard InChI is InChI=1S/C29H34N8O4/c1-6-7-15-36-23-24(33-26(36)35-14-10-12-20(17-35)31-27(39)41-29(2,3)4)34(5)28(40)37(25(23)38)18-22-30-16-19-11-8-9-13-21(19)32-22/h8-9,11,13,16,20H,10,12,14-15,17-18H2,1-5H3,(H,31,39). The number of ether oxygens (including phenoxy) is 1. The van der Waals surface area contributed by atoms with Crippen molar-refractivity contribution in [2.24, 2.45) is 7.05 Å². The monoisotopic (exact) mass is 558 g/mol. The number of benzene rings is 1. The molecular weight excluding hydrogens is 524 g/mol. The Kier molecular flexibility index (Phi) is 7.53. The van der Waals surface area contributed by atoms with Gasteiger partial charge >= 0.3 is 11.8 Å². The van der Waals surface area contributed by atoms with Crippen molar-refractivity contribution >= 4 is 34.1 Å². The van der Waals surface area contributed by atoms with E-state index in [4.69, 9.17) is 9.72 Å². The van der Waals surface area contributed by atoms with Crippen molar-refractivity contribution < 1.29 is 9.53 Å². The number of aromatic nitrogens is 6. The van der Waals surface area contributed by atoms with E-state index in [1.54, 1.807) is 24.7 Å². The molecule has 1 aliphatic heterocycles. The van der Waals surface area contributed by atoms with Crippen molar-refractivity contribution in [2.45, 2.75) is 65.3 Å². The molecule has 1 unspecified atom stereocenters. The number of alkyl carbamates (subject to hydrolysis) is 1. The first-order valence-electron chi connectivity index (χ1n) is 13.6. The normalized spacial score (nSPS) is 15.5. The molecule has 1 amide bonds. The second kappa shape index (κ2) is 11.1. The quantitative estimate of drug-likeness (QED) is 0.370. The number of nitrogens with zero attached hydrogens (tertiary/aromatic N) is 7. The second-order valence-corrected chi connectivity index (χ2v) is 11.1. The molecule has 1 aromatic carbocycles. The van der Waals surface area contributed by atoms with Crippen LogP contribution in [-0.2, 0) is 24.9 Å². The molecule has 1 N–H and O–H groups in total. The van der Waals surface area contributed by atoms with Gasteiger partial charge in [0.2, 0.25) is 5.95 Å². The zero-order valence-electron chi connectivity index (χ0n) is 24.0. The Hall–Kier alpha value is -4.66. The zero-order chi connectivity index (χ0) is 29.3. The fourth-order valence-electron chi connectivity index (χ4n) is 5.03. The van der Waals surface area contributed by atoms with Crippen LogP contribution in [0.5, 0.6) is 0 Å². The van der Waals surface area contributed by atoms with Gasteiger partial charge in [-0.1, -0.05) is 24.1 Å². The van der Waals surface area contributed by atoms with Crippen molar-refractivity contribution in [1.29, 1.82) is 0 Å². The third-order valence-corrected chi connectivity index (χ3v) is 6.89. The second-order valence-electron chi connectivity index (χ2n) is 11.1. The number of para-hydroxylation sites is 1. The van der Waals surface area contributed by atoms with E-state index in [0.717, 1.165) is 28.3 Å². The van der Waals surface area contributed by atoms with Gasteiger partial charge in [-0.25, -0.2) is 19.6 Å². The number of carbonyl (C=O) groups excluding carboxylic acids is 1. The highest BCUT2D eigenvalue weighted by Crippen LogP contribution is 2.23. The Labute approximate surface area is 237 Å². The number of fused-ring (bicyclic) bond motifs is 2. The zero-order valence-corrected chi connectivity index (χ0v) is 24.0. The molecule has 214 valence electrons. The summed E-state index contributed by atoms with van der Waals surface area (Å²) in [7, 11) is 1.59. The van der Waals surface area contributed by atoms with Crippen LogP contribution in [0.25, 0.3) is 22.1 Å². The summed E-state index contributed by atoms with van der Waals surface area (Å²) < 4.78 is 9.70. The van der Waals surface area contributed by atoms with E-state index < -0.39 is 22.9 Å². The van der Waals surface area contributed by atoms with Gasteiger partial charge in [0, 0.05) is 37.8 Å². The lowest BCUT2D eigenvalue weighted by atomic mass is 10.1. The van der Waals surface area contributed by atoms with E-state index in [-0.39, 0.29) is 30.3 Å². The summed E-state index contributed by atoms with van der Waals surface area (Å²) in [6.07, 6.45) is 2.78. The fourth-order valence-corrected chi connectivity index (χ4v) is 5.03. The lowest BCUT2D eigenvalue weighted by molar-refractivity contribution is 0.0499. The van der Waals surface area contributed by atoms with Crippen molar-refractivity contribution in [3.05, 3.63) is 57.1 Å². The van der Waals surface area contributed by atoms with Gasteiger partial charge < -0.3 is 15.0 Å². The molecule has 4 heterocycles. The molecule has 1 aliphatic rings. The molecule has 12 nitrogen and oxygen atoms in total. The van der Waals surface area contributed by atoms with Gasteiger partial charge in [-0.2, -0.15) is 4.98 Å². The summed E-state index contributed by atoms with van der Waals surface area (Å²) in [5, 5.41) is 3.82. The highest BCUT2D eigenvalue weighted by Gasteiger charge is 2.29. The third-order valence-electron chi connectivity index (χ3n) is 6.89. The van der Waals surface area contributed by atoms with Gasteiger partial charge in [-0.05, 0) is 46.6 Å². The van der Waals surface area contributed by atoms with Crippen molar-refractivity contribution in [1.82, 2.24) is 34.0 Å². The molecule has 0 saturated carbocycles. The molecule has 5 rings (SSSR count). The molecule has 3 aromatic heterocycles. The Morgan fingerprint density at radius 2 is 1.95 bits per heavy atom. The molecule has 1 fully saturated rings. The lowest BCUT2D eigenvalue weighted by Crippen LogP contribution is -2.49. The average molecular weight is 559 g/mol. The number of rotatable bonds is 5. The Balaban J connectivity index is 1.54. The summed E-state index contributed by atoms with van der Waals surface area (Å²) in [5.41, 5.74) is -0.335. The Morgan fingerprint density at radius 3 is 2.71 bits per heavy atom. The van der Waals surface area contributed by atoms with E-state index >= 15 is 0 Å². The van der Waals surface area contributed by atoms with E-state index in [9.17, 15) is 14.4 Å². The van der Waals surface area contributed by atoms with E-state index in [1.807, 2.05) is 49.9 Å². The largest absolute Gasteiger partial charge is 0.444 e. The van der Waals surface area contributed by atoms with Crippen LogP contribution in [0.15, 0.2) is 40.1 Å². The lowest BCUT2D eigenvalue weighted by Gasteiger charge is -2.34. The number of imidazole rings is 1. The van der Waals surface area contributed by atoms with Crippen LogP contribution in [0.2, 0.25) is 0 Å². The van der Waals surface area contributed by atoms with Crippen LogP contribution in [0.1, 0.15) is 46.4 Å². The first-order chi connectivity index (χ1) is 19.6. The van der Waals surface area contributed by atoms with E-state index in [2.05, 4.69) is 27.1 Å². The molecule has 1 saturated heterocycles. The SMILES string of the molecule is CC#CCn1c(N2CCCC(NC(=O)OC(C)(C)C)C2)nc2c1c(=O)n(Cc1ncc3ccccc3n1)c(=O)n2C. The van der Waals surface area contributed by atoms with Crippen molar-refractivity contribution in [3.63, 3.8) is 0 Å².